The standard InChI is InChI=1S/C14H21NO4/c1-9(8-15)5-11(16)10-6-12(17-2)14(19-4)13(7-10)18-3/h6-7,9H,5,8,15H2,1-4H3. The van der Waals surface area contributed by atoms with Crippen LogP contribution in [0.1, 0.15) is 23.7 Å². The zero-order valence-electron chi connectivity index (χ0n) is 11.9. The van der Waals surface area contributed by atoms with E-state index in [0.29, 0.717) is 35.8 Å². The van der Waals surface area contributed by atoms with Gasteiger partial charge in [-0.2, -0.15) is 0 Å². The van der Waals surface area contributed by atoms with Gasteiger partial charge in [-0.1, -0.05) is 6.92 Å². The molecule has 1 aromatic carbocycles. The van der Waals surface area contributed by atoms with Gasteiger partial charge in [-0.25, -0.2) is 0 Å². The van der Waals surface area contributed by atoms with Gasteiger partial charge in [0.25, 0.3) is 0 Å². The summed E-state index contributed by atoms with van der Waals surface area (Å²) in [6.07, 6.45) is 0.398. The summed E-state index contributed by atoms with van der Waals surface area (Å²) < 4.78 is 15.7. The monoisotopic (exact) mass is 267 g/mol. The second-order valence-corrected chi connectivity index (χ2v) is 4.38. The van der Waals surface area contributed by atoms with Crippen molar-refractivity contribution in [1.82, 2.24) is 0 Å². The van der Waals surface area contributed by atoms with Gasteiger partial charge >= 0.3 is 0 Å². The van der Waals surface area contributed by atoms with E-state index in [0.717, 1.165) is 0 Å². The van der Waals surface area contributed by atoms with Crippen LogP contribution in [0.4, 0.5) is 0 Å². The van der Waals surface area contributed by atoms with E-state index < -0.39 is 0 Å². The molecule has 0 radical (unpaired) electrons. The lowest BCUT2D eigenvalue weighted by atomic mass is 9.99. The Bertz CT molecular complexity index is 420. The van der Waals surface area contributed by atoms with Gasteiger partial charge in [-0.05, 0) is 24.6 Å². The van der Waals surface area contributed by atoms with E-state index in [1.807, 2.05) is 6.92 Å². The Kier molecular flexibility index (Phi) is 5.63. The number of ether oxygens (including phenoxy) is 3. The molecular weight excluding hydrogens is 246 g/mol. The average molecular weight is 267 g/mol. The van der Waals surface area contributed by atoms with Crippen molar-refractivity contribution < 1.29 is 19.0 Å². The highest BCUT2D eigenvalue weighted by Crippen LogP contribution is 2.38. The van der Waals surface area contributed by atoms with E-state index in [1.165, 1.54) is 21.3 Å². The first-order valence-electron chi connectivity index (χ1n) is 6.10. The molecule has 5 heteroatoms. The highest BCUT2D eigenvalue weighted by atomic mass is 16.5. The third kappa shape index (κ3) is 3.61. The maximum absolute atomic E-state index is 12.1. The number of methoxy groups -OCH3 is 3. The lowest BCUT2D eigenvalue weighted by Gasteiger charge is -2.14. The molecule has 0 bridgehead atoms. The number of hydrogen-bond acceptors (Lipinski definition) is 5. The summed E-state index contributed by atoms with van der Waals surface area (Å²) >= 11 is 0. The van der Waals surface area contributed by atoms with Crippen molar-refractivity contribution in [2.75, 3.05) is 27.9 Å². The SMILES string of the molecule is COc1cc(C(=O)CC(C)CN)cc(OC)c1OC. The second-order valence-electron chi connectivity index (χ2n) is 4.38. The zero-order chi connectivity index (χ0) is 14.4. The minimum atomic E-state index is 0.0113. The number of carbonyl (C=O) groups excluding carboxylic acids is 1. The number of Topliss-reactive ketones (excluding diaryl/α,β-unsaturated/α-hetero) is 1. The summed E-state index contributed by atoms with van der Waals surface area (Å²) in [6.45, 7) is 2.42. The first kappa shape index (κ1) is 15.3. The normalized spacial score (nSPS) is 11.8. The Morgan fingerprint density at radius 3 is 2.05 bits per heavy atom. The molecule has 0 aromatic heterocycles. The quantitative estimate of drug-likeness (QED) is 0.764. The van der Waals surface area contributed by atoms with Crippen molar-refractivity contribution >= 4 is 5.78 Å². The molecule has 0 heterocycles. The van der Waals surface area contributed by atoms with Crippen LogP contribution in [0.15, 0.2) is 12.1 Å². The molecule has 0 aliphatic carbocycles. The molecule has 1 unspecified atom stereocenters. The number of carbonyl (C=O) groups is 1. The van der Waals surface area contributed by atoms with Gasteiger partial charge in [0.05, 0.1) is 21.3 Å². The molecule has 0 aliphatic rings. The first-order chi connectivity index (χ1) is 9.07. The zero-order valence-corrected chi connectivity index (χ0v) is 11.9. The van der Waals surface area contributed by atoms with Crippen molar-refractivity contribution in [3.63, 3.8) is 0 Å². The van der Waals surface area contributed by atoms with Crippen molar-refractivity contribution in [2.45, 2.75) is 13.3 Å². The van der Waals surface area contributed by atoms with E-state index in [-0.39, 0.29) is 11.7 Å². The largest absolute Gasteiger partial charge is 0.493 e. The molecule has 0 amide bonds. The van der Waals surface area contributed by atoms with Gasteiger partial charge in [-0.3, -0.25) is 4.79 Å². The third-order valence-corrected chi connectivity index (χ3v) is 2.92. The smallest absolute Gasteiger partial charge is 0.203 e. The van der Waals surface area contributed by atoms with Crippen molar-refractivity contribution in [1.29, 1.82) is 0 Å². The van der Waals surface area contributed by atoms with E-state index in [9.17, 15) is 4.79 Å². The molecule has 5 nitrogen and oxygen atoms in total. The Morgan fingerprint density at radius 2 is 1.68 bits per heavy atom. The predicted octanol–water partition coefficient (Wildman–Crippen LogP) is 1.88. The molecule has 1 rings (SSSR count). The number of rotatable bonds is 7. The molecule has 1 aromatic rings. The Labute approximate surface area is 113 Å². The fraction of sp³-hybridized carbons (Fsp3) is 0.500. The topological polar surface area (TPSA) is 70.8 Å². The van der Waals surface area contributed by atoms with Crippen molar-refractivity contribution in [3.8, 4) is 17.2 Å². The van der Waals surface area contributed by atoms with Gasteiger partial charge in [0.15, 0.2) is 17.3 Å². The van der Waals surface area contributed by atoms with E-state index in [4.69, 9.17) is 19.9 Å². The van der Waals surface area contributed by atoms with Crippen LogP contribution in [0.5, 0.6) is 17.2 Å². The average Bonchev–Trinajstić information content (AvgIpc) is 2.44. The van der Waals surface area contributed by atoms with Gasteiger partial charge < -0.3 is 19.9 Å². The molecule has 0 spiro atoms. The van der Waals surface area contributed by atoms with Crippen LogP contribution in [0.2, 0.25) is 0 Å². The number of hydrogen-bond donors (Lipinski definition) is 1. The molecule has 19 heavy (non-hydrogen) atoms. The van der Waals surface area contributed by atoms with Gasteiger partial charge in [-0.15, -0.1) is 0 Å². The molecule has 1 atom stereocenters. The molecular formula is C14H21NO4. The van der Waals surface area contributed by atoms with Crippen molar-refractivity contribution in [2.24, 2.45) is 11.7 Å². The van der Waals surface area contributed by atoms with Crippen LogP contribution in [0.25, 0.3) is 0 Å². The highest BCUT2D eigenvalue weighted by molar-refractivity contribution is 5.97. The molecule has 2 N–H and O–H groups in total. The minimum absolute atomic E-state index is 0.0113. The molecule has 106 valence electrons. The molecule has 0 saturated carbocycles. The fourth-order valence-electron chi connectivity index (χ4n) is 1.76. The summed E-state index contributed by atoms with van der Waals surface area (Å²) in [5, 5.41) is 0. The number of ketones is 1. The van der Waals surface area contributed by atoms with Gasteiger partial charge in [0.2, 0.25) is 5.75 Å². The molecule has 0 saturated heterocycles. The Morgan fingerprint density at radius 1 is 1.16 bits per heavy atom. The first-order valence-corrected chi connectivity index (χ1v) is 6.10. The summed E-state index contributed by atoms with van der Waals surface area (Å²) in [5.41, 5.74) is 6.07. The maximum Gasteiger partial charge on any atom is 0.203 e. The Balaban J connectivity index is 3.12. The van der Waals surface area contributed by atoms with Crippen LogP contribution in [0.3, 0.4) is 0 Å². The predicted molar refractivity (Wildman–Crippen MR) is 73.3 cm³/mol. The Hall–Kier alpha value is -1.75. The summed E-state index contributed by atoms with van der Waals surface area (Å²) in [7, 11) is 4.57. The van der Waals surface area contributed by atoms with E-state index >= 15 is 0 Å². The summed E-state index contributed by atoms with van der Waals surface area (Å²) in [6, 6.07) is 3.32. The van der Waals surface area contributed by atoms with Crippen LogP contribution in [-0.4, -0.2) is 33.7 Å². The minimum Gasteiger partial charge on any atom is -0.493 e. The van der Waals surface area contributed by atoms with Crippen LogP contribution in [-0.2, 0) is 0 Å². The van der Waals surface area contributed by atoms with Gasteiger partial charge in [0, 0.05) is 12.0 Å². The highest BCUT2D eigenvalue weighted by Gasteiger charge is 2.18. The summed E-state index contributed by atoms with van der Waals surface area (Å²) in [4.78, 5) is 12.1. The van der Waals surface area contributed by atoms with E-state index in [1.54, 1.807) is 12.1 Å². The molecule has 0 fully saturated rings. The fourth-order valence-corrected chi connectivity index (χ4v) is 1.76. The number of nitrogens with two attached hydrogens (primary N) is 1. The lowest BCUT2D eigenvalue weighted by Crippen LogP contribution is -2.15. The second kappa shape index (κ2) is 6.99. The van der Waals surface area contributed by atoms with Crippen LogP contribution in [0, 0.1) is 5.92 Å². The third-order valence-electron chi connectivity index (χ3n) is 2.92. The molecule has 0 aliphatic heterocycles. The summed E-state index contributed by atoms with van der Waals surface area (Å²) in [5.74, 6) is 1.59. The van der Waals surface area contributed by atoms with Crippen molar-refractivity contribution in [3.05, 3.63) is 17.7 Å². The lowest BCUT2D eigenvalue weighted by molar-refractivity contribution is 0.0965. The van der Waals surface area contributed by atoms with Gasteiger partial charge in [0.1, 0.15) is 0 Å². The maximum atomic E-state index is 12.1. The van der Waals surface area contributed by atoms with Crippen LogP contribution < -0.4 is 19.9 Å². The number of benzene rings is 1. The van der Waals surface area contributed by atoms with E-state index in [2.05, 4.69) is 0 Å². The van der Waals surface area contributed by atoms with Crippen LogP contribution >= 0.6 is 0 Å².